The molecule has 2 rings (SSSR count). The normalized spacial score (nSPS) is 17.3. The standard InChI is InChI=1S/C17H23NO3/c1-13(19)11-15(14-7-3-2-4-8-14)12-18-17(20)16-9-5-6-10-21-16/h2-4,7-9,13,15,19H,5-6,10-12H2,1H3,(H,18,20). The van der Waals surface area contributed by atoms with Gasteiger partial charge in [0.1, 0.15) is 0 Å². The molecule has 0 saturated heterocycles. The smallest absolute Gasteiger partial charge is 0.286 e. The number of aliphatic hydroxyl groups excluding tert-OH is 1. The SMILES string of the molecule is CC(O)CC(CNC(=O)C1=CCCCO1)c1ccccc1. The van der Waals surface area contributed by atoms with Gasteiger partial charge in [0.25, 0.3) is 5.91 Å². The van der Waals surface area contributed by atoms with Gasteiger partial charge in [0.2, 0.25) is 0 Å². The number of carbonyl (C=O) groups is 1. The van der Waals surface area contributed by atoms with Crippen molar-refractivity contribution in [2.45, 2.75) is 38.2 Å². The van der Waals surface area contributed by atoms with E-state index in [9.17, 15) is 9.90 Å². The van der Waals surface area contributed by atoms with Crippen molar-refractivity contribution in [3.63, 3.8) is 0 Å². The van der Waals surface area contributed by atoms with Crippen LogP contribution in [0.2, 0.25) is 0 Å². The summed E-state index contributed by atoms with van der Waals surface area (Å²) in [6, 6.07) is 9.95. The molecule has 21 heavy (non-hydrogen) atoms. The van der Waals surface area contributed by atoms with Gasteiger partial charge in [-0.05, 0) is 37.8 Å². The first-order chi connectivity index (χ1) is 10.2. The first-order valence-corrected chi connectivity index (χ1v) is 7.51. The summed E-state index contributed by atoms with van der Waals surface area (Å²) in [6.07, 6.45) is 3.90. The van der Waals surface area contributed by atoms with Gasteiger partial charge in [0.15, 0.2) is 5.76 Å². The van der Waals surface area contributed by atoms with Crippen LogP contribution < -0.4 is 5.32 Å². The summed E-state index contributed by atoms with van der Waals surface area (Å²) < 4.78 is 5.36. The Morgan fingerprint density at radius 2 is 2.14 bits per heavy atom. The molecular weight excluding hydrogens is 266 g/mol. The van der Waals surface area contributed by atoms with Gasteiger partial charge in [-0.3, -0.25) is 4.79 Å². The third-order valence-corrected chi connectivity index (χ3v) is 3.57. The predicted octanol–water partition coefficient (Wildman–Crippen LogP) is 2.35. The lowest BCUT2D eigenvalue weighted by Crippen LogP contribution is -2.32. The molecule has 0 bridgehead atoms. The van der Waals surface area contributed by atoms with Crippen LogP contribution in [0.3, 0.4) is 0 Å². The maximum Gasteiger partial charge on any atom is 0.286 e. The zero-order valence-electron chi connectivity index (χ0n) is 12.4. The van der Waals surface area contributed by atoms with Crippen LogP contribution >= 0.6 is 0 Å². The highest BCUT2D eigenvalue weighted by Crippen LogP contribution is 2.21. The number of carbonyl (C=O) groups excluding carboxylic acids is 1. The van der Waals surface area contributed by atoms with Crippen LogP contribution in [-0.4, -0.2) is 30.3 Å². The van der Waals surface area contributed by atoms with Crippen molar-refractivity contribution in [3.8, 4) is 0 Å². The molecule has 2 atom stereocenters. The maximum atomic E-state index is 12.1. The van der Waals surface area contributed by atoms with Crippen LogP contribution in [0.25, 0.3) is 0 Å². The molecule has 114 valence electrons. The molecular formula is C17H23NO3. The van der Waals surface area contributed by atoms with E-state index in [0.717, 1.165) is 18.4 Å². The average molecular weight is 289 g/mol. The van der Waals surface area contributed by atoms with E-state index in [2.05, 4.69) is 5.32 Å². The maximum absolute atomic E-state index is 12.1. The lowest BCUT2D eigenvalue weighted by molar-refractivity contribution is -0.121. The van der Waals surface area contributed by atoms with Crippen molar-refractivity contribution in [1.82, 2.24) is 5.32 Å². The molecule has 0 saturated carbocycles. The Labute approximate surface area is 125 Å². The second-order valence-electron chi connectivity index (χ2n) is 5.46. The molecule has 0 aliphatic carbocycles. The summed E-state index contributed by atoms with van der Waals surface area (Å²) in [5.41, 5.74) is 1.12. The average Bonchev–Trinajstić information content (AvgIpc) is 2.52. The number of hydrogen-bond acceptors (Lipinski definition) is 3. The van der Waals surface area contributed by atoms with Crippen molar-refractivity contribution >= 4 is 5.91 Å². The van der Waals surface area contributed by atoms with E-state index in [0.29, 0.717) is 25.3 Å². The van der Waals surface area contributed by atoms with E-state index in [4.69, 9.17) is 4.74 Å². The van der Waals surface area contributed by atoms with Crippen LogP contribution in [0.4, 0.5) is 0 Å². The predicted molar refractivity (Wildman–Crippen MR) is 81.8 cm³/mol. The number of rotatable bonds is 6. The third-order valence-electron chi connectivity index (χ3n) is 3.57. The monoisotopic (exact) mass is 289 g/mol. The fourth-order valence-corrected chi connectivity index (χ4v) is 2.49. The molecule has 0 radical (unpaired) electrons. The molecule has 0 aromatic heterocycles. The van der Waals surface area contributed by atoms with Crippen LogP contribution in [-0.2, 0) is 9.53 Å². The molecule has 2 N–H and O–H groups in total. The highest BCUT2D eigenvalue weighted by molar-refractivity contribution is 5.91. The first-order valence-electron chi connectivity index (χ1n) is 7.51. The number of hydrogen-bond donors (Lipinski definition) is 2. The molecule has 4 heteroatoms. The van der Waals surface area contributed by atoms with Gasteiger partial charge in [-0.1, -0.05) is 30.3 Å². The number of allylic oxidation sites excluding steroid dienone is 1. The van der Waals surface area contributed by atoms with Gasteiger partial charge in [-0.15, -0.1) is 0 Å². The molecule has 2 unspecified atom stereocenters. The lowest BCUT2D eigenvalue weighted by atomic mass is 9.93. The van der Waals surface area contributed by atoms with Crippen LogP contribution in [0.1, 0.15) is 37.7 Å². The van der Waals surface area contributed by atoms with E-state index in [1.54, 1.807) is 6.92 Å². The minimum Gasteiger partial charge on any atom is -0.488 e. The molecule has 1 amide bonds. The summed E-state index contributed by atoms with van der Waals surface area (Å²) in [4.78, 5) is 12.1. The Kier molecular flexibility index (Phi) is 5.81. The van der Waals surface area contributed by atoms with Crippen molar-refractivity contribution in [2.24, 2.45) is 0 Å². The molecule has 1 aromatic carbocycles. The Morgan fingerprint density at radius 1 is 1.38 bits per heavy atom. The van der Waals surface area contributed by atoms with E-state index < -0.39 is 6.10 Å². The quantitative estimate of drug-likeness (QED) is 0.845. The van der Waals surface area contributed by atoms with Gasteiger partial charge < -0.3 is 15.2 Å². The summed E-state index contributed by atoms with van der Waals surface area (Å²) in [7, 11) is 0. The Morgan fingerprint density at radius 3 is 2.76 bits per heavy atom. The van der Waals surface area contributed by atoms with Crippen molar-refractivity contribution < 1.29 is 14.6 Å². The molecule has 0 fully saturated rings. The third kappa shape index (κ3) is 4.90. The molecule has 1 aliphatic rings. The van der Waals surface area contributed by atoms with Crippen molar-refractivity contribution in [2.75, 3.05) is 13.2 Å². The molecule has 0 spiro atoms. The zero-order valence-corrected chi connectivity index (χ0v) is 12.4. The van der Waals surface area contributed by atoms with Gasteiger partial charge in [-0.2, -0.15) is 0 Å². The van der Waals surface area contributed by atoms with Gasteiger partial charge >= 0.3 is 0 Å². The summed E-state index contributed by atoms with van der Waals surface area (Å²) in [6.45, 7) is 2.87. The van der Waals surface area contributed by atoms with Crippen LogP contribution in [0.15, 0.2) is 42.2 Å². The fourth-order valence-electron chi connectivity index (χ4n) is 2.49. The number of ether oxygens (including phenoxy) is 1. The van der Waals surface area contributed by atoms with E-state index in [-0.39, 0.29) is 11.8 Å². The second kappa shape index (κ2) is 7.84. The molecule has 1 heterocycles. The van der Waals surface area contributed by atoms with Gasteiger partial charge in [-0.25, -0.2) is 0 Å². The zero-order chi connectivity index (χ0) is 15.1. The van der Waals surface area contributed by atoms with Crippen molar-refractivity contribution in [1.29, 1.82) is 0 Å². The van der Waals surface area contributed by atoms with Gasteiger partial charge in [0, 0.05) is 12.5 Å². The van der Waals surface area contributed by atoms with Crippen LogP contribution in [0, 0.1) is 0 Å². The summed E-state index contributed by atoms with van der Waals surface area (Å²) in [5.74, 6) is 0.352. The lowest BCUT2D eigenvalue weighted by Gasteiger charge is -2.21. The highest BCUT2D eigenvalue weighted by atomic mass is 16.5. The van der Waals surface area contributed by atoms with E-state index in [1.165, 1.54) is 0 Å². The topological polar surface area (TPSA) is 58.6 Å². The number of amides is 1. The van der Waals surface area contributed by atoms with E-state index in [1.807, 2.05) is 36.4 Å². The molecule has 1 aromatic rings. The van der Waals surface area contributed by atoms with Crippen LogP contribution in [0.5, 0.6) is 0 Å². The Bertz CT molecular complexity index is 482. The Balaban J connectivity index is 1.96. The minimum absolute atomic E-state index is 0.0966. The van der Waals surface area contributed by atoms with Gasteiger partial charge in [0.05, 0.1) is 12.7 Å². The number of aliphatic hydroxyl groups is 1. The summed E-state index contributed by atoms with van der Waals surface area (Å²) in [5, 5.41) is 12.6. The first kappa shape index (κ1) is 15.6. The Hall–Kier alpha value is -1.81. The van der Waals surface area contributed by atoms with Crippen molar-refractivity contribution in [3.05, 3.63) is 47.7 Å². The largest absolute Gasteiger partial charge is 0.488 e. The number of benzene rings is 1. The highest BCUT2D eigenvalue weighted by Gasteiger charge is 2.18. The van der Waals surface area contributed by atoms with E-state index >= 15 is 0 Å². The summed E-state index contributed by atoms with van der Waals surface area (Å²) >= 11 is 0. The number of nitrogens with one attached hydrogen (secondary N) is 1. The molecule has 1 aliphatic heterocycles. The fraction of sp³-hybridized carbons (Fsp3) is 0.471. The minimum atomic E-state index is -0.405. The molecule has 4 nitrogen and oxygen atoms in total. The second-order valence-corrected chi connectivity index (χ2v) is 5.46.